The molecule has 1 saturated heterocycles. The summed E-state index contributed by atoms with van der Waals surface area (Å²) < 4.78 is 5.27. The Morgan fingerprint density at radius 2 is 2.27 bits per heavy atom. The van der Waals surface area contributed by atoms with Gasteiger partial charge in [0.15, 0.2) is 0 Å². The van der Waals surface area contributed by atoms with Gasteiger partial charge in [-0.15, -0.1) is 0 Å². The van der Waals surface area contributed by atoms with Crippen LogP contribution in [0.25, 0.3) is 0 Å². The Balaban J connectivity index is 2.48. The monoisotopic (exact) mass is 222 g/mol. The van der Waals surface area contributed by atoms with Crippen LogP contribution in [0.15, 0.2) is 0 Å². The highest BCUT2D eigenvalue weighted by atomic mass is 79.9. The molecule has 1 aliphatic rings. The number of hydrogen-bond acceptors (Lipinski definition) is 3. The molecule has 3 unspecified atom stereocenters. The van der Waals surface area contributed by atoms with Crippen molar-refractivity contribution in [2.75, 3.05) is 20.7 Å². The van der Waals surface area contributed by atoms with Crippen molar-refractivity contribution >= 4 is 15.9 Å². The van der Waals surface area contributed by atoms with E-state index < -0.39 is 0 Å². The molecule has 2 N–H and O–H groups in total. The Kier molecular flexibility index (Phi) is 3.30. The number of alkyl halides is 1. The molecule has 3 nitrogen and oxygen atoms in total. The fraction of sp³-hybridized carbons (Fsp3) is 1.00. The van der Waals surface area contributed by atoms with Gasteiger partial charge in [0.25, 0.3) is 0 Å². The minimum atomic E-state index is 0.147. The van der Waals surface area contributed by atoms with Crippen LogP contribution in [0.1, 0.15) is 6.42 Å². The maximum atomic E-state index is 5.83. The highest BCUT2D eigenvalue weighted by Gasteiger charge is 2.30. The topological polar surface area (TPSA) is 38.5 Å². The van der Waals surface area contributed by atoms with E-state index in [-0.39, 0.29) is 12.3 Å². The van der Waals surface area contributed by atoms with E-state index in [2.05, 4.69) is 20.8 Å². The number of likely N-dealkylation sites (tertiary alicyclic amines) is 1. The van der Waals surface area contributed by atoms with E-state index in [0.29, 0.717) is 4.83 Å². The van der Waals surface area contributed by atoms with Gasteiger partial charge in [-0.2, -0.15) is 0 Å². The minimum Gasteiger partial charge on any atom is -0.380 e. The van der Waals surface area contributed by atoms with E-state index in [9.17, 15) is 0 Å². The summed E-state index contributed by atoms with van der Waals surface area (Å²) in [6, 6.07) is 0. The van der Waals surface area contributed by atoms with E-state index >= 15 is 0 Å². The summed E-state index contributed by atoms with van der Waals surface area (Å²) in [5, 5.41) is 0. The standard InChI is InChI=1S/C7H15BrN2O/c1-10-4-5(8)6(11-2)3-7(10)9/h5-7H,3-4,9H2,1-2H3. The van der Waals surface area contributed by atoms with Gasteiger partial charge >= 0.3 is 0 Å². The van der Waals surface area contributed by atoms with E-state index in [1.807, 2.05) is 7.05 Å². The molecule has 0 saturated carbocycles. The number of hydrogen-bond donors (Lipinski definition) is 1. The number of nitrogens with two attached hydrogens (primary N) is 1. The van der Waals surface area contributed by atoms with Crippen LogP contribution in [-0.2, 0) is 4.74 Å². The molecule has 0 aromatic heterocycles. The van der Waals surface area contributed by atoms with Gasteiger partial charge in [-0.25, -0.2) is 0 Å². The lowest BCUT2D eigenvalue weighted by molar-refractivity contribution is 0.0297. The summed E-state index contributed by atoms with van der Waals surface area (Å²) in [5.74, 6) is 0. The van der Waals surface area contributed by atoms with Gasteiger partial charge in [-0.05, 0) is 7.05 Å². The highest BCUT2D eigenvalue weighted by Crippen LogP contribution is 2.21. The molecular formula is C7H15BrN2O. The third-order valence-electron chi connectivity index (χ3n) is 2.21. The molecule has 0 aromatic rings. The molecule has 3 atom stereocenters. The predicted molar refractivity (Wildman–Crippen MR) is 48.7 cm³/mol. The van der Waals surface area contributed by atoms with Crippen molar-refractivity contribution in [1.82, 2.24) is 4.90 Å². The van der Waals surface area contributed by atoms with Crippen LogP contribution in [0.3, 0.4) is 0 Å². The molecule has 0 spiro atoms. The molecule has 0 radical (unpaired) electrons. The van der Waals surface area contributed by atoms with E-state index in [4.69, 9.17) is 10.5 Å². The zero-order valence-electron chi connectivity index (χ0n) is 6.96. The Morgan fingerprint density at radius 3 is 2.82 bits per heavy atom. The fourth-order valence-electron chi connectivity index (χ4n) is 1.34. The van der Waals surface area contributed by atoms with Gasteiger partial charge in [0.1, 0.15) is 0 Å². The second-order valence-electron chi connectivity index (χ2n) is 3.03. The van der Waals surface area contributed by atoms with Gasteiger partial charge < -0.3 is 10.5 Å². The van der Waals surface area contributed by atoms with Gasteiger partial charge in [0, 0.05) is 20.1 Å². The fourth-order valence-corrected chi connectivity index (χ4v) is 2.23. The molecule has 0 aromatic carbocycles. The first-order chi connectivity index (χ1) is 5.15. The molecule has 11 heavy (non-hydrogen) atoms. The molecule has 1 heterocycles. The number of methoxy groups -OCH3 is 1. The summed E-state index contributed by atoms with van der Waals surface area (Å²) in [4.78, 5) is 2.55. The maximum Gasteiger partial charge on any atom is 0.0736 e. The van der Waals surface area contributed by atoms with Gasteiger partial charge in [-0.3, -0.25) is 4.90 Å². The normalized spacial score (nSPS) is 40.9. The lowest BCUT2D eigenvalue weighted by Gasteiger charge is -2.37. The van der Waals surface area contributed by atoms with Crippen molar-refractivity contribution in [3.63, 3.8) is 0 Å². The molecule has 1 aliphatic heterocycles. The molecule has 4 heteroatoms. The number of rotatable bonds is 1. The van der Waals surface area contributed by atoms with Crippen LogP contribution in [0.2, 0.25) is 0 Å². The summed E-state index contributed by atoms with van der Waals surface area (Å²) in [6.45, 7) is 0.958. The van der Waals surface area contributed by atoms with Crippen molar-refractivity contribution in [2.24, 2.45) is 5.73 Å². The van der Waals surface area contributed by atoms with Gasteiger partial charge in [0.2, 0.25) is 0 Å². The first-order valence-corrected chi connectivity index (χ1v) is 4.69. The Labute approximate surface area is 76.0 Å². The lowest BCUT2D eigenvalue weighted by atomic mass is 10.1. The Bertz CT molecular complexity index is 134. The minimum absolute atomic E-state index is 0.147. The molecule has 1 rings (SSSR count). The third-order valence-corrected chi connectivity index (χ3v) is 3.09. The molecule has 1 fully saturated rings. The van der Waals surface area contributed by atoms with Crippen molar-refractivity contribution in [3.05, 3.63) is 0 Å². The van der Waals surface area contributed by atoms with E-state index in [0.717, 1.165) is 13.0 Å². The van der Waals surface area contributed by atoms with Crippen molar-refractivity contribution in [1.29, 1.82) is 0 Å². The van der Waals surface area contributed by atoms with Crippen LogP contribution in [0.5, 0.6) is 0 Å². The van der Waals surface area contributed by atoms with Crippen molar-refractivity contribution in [3.8, 4) is 0 Å². The molecule has 0 amide bonds. The van der Waals surface area contributed by atoms with Crippen LogP contribution >= 0.6 is 15.9 Å². The SMILES string of the molecule is COC1CC(N)N(C)CC1Br. The van der Waals surface area contributed by atoms with Gasteiger partial charge in [-0.1, -0.05) is 15.9 Å². The average Bonchev–Trinajstić information content (AvgIpc) is 1.97. The van der Waals surface area contributed by atoms with Gasteiger partial charge in [0.05, 0.1) is 17.1 Å². The first-order valence-electron chi connectivity index (χ1n) is 3.78. The third kappa shape index (κ3) is 2.15. The van der Waals surface area contributed by atoms with Crippen LogP contribution < -0.4 is 5.73 Å². The Morgan fingerprint density at radius 1 is 1.64 bits per heavy atom. The number of halogens is 1. The van der Waals surface area contributed by atoms with Crippen LogP contribution in [0.4, 0.5) is 0 Å². The lowest BCUT2D eigenvalue weighted by Crippen LogP contribution is -2.52. The first kappa shape index (κ1) is 9.45. The predicted octanol–water partition coefficient (Wildman–Crippen LogP) is 0.385. The van der Waals surface area contributed by atoms with Crippen molar-refractivity contribution < 1.29 is 4.74 Å². The quantitative estimate of drug-likeness (QED) is 0.653. The van der Waals surface area contributed by atoms with Crippen LogP contribution in [0, 0.1) is 0 Å². The second-order valence-corrected chi connectivity index (χ2v) is 4.21. The molecule has 0 bridgehead atoms. The molecular weight excluding hydrogens is 208 g/mol. The highest BCUT2D eigenvalue weighted by molar-refractivity contribution is 9.09. The summed E-state index contributed by atoms with van der Waals surface area (Å²) in [5.41, 5.74) is 5.83. The van der Waals surface area contributed by atoms with Crippen LogP contribution in [-0.4, -0.2) is 42.7 Å². The zero-order valence-corrected chi connectivity index (χ0v) is 8.54. The smallest absolute Gasteiger partial charge is 0.0736 e. The van der Waals surface area contributed by atoms with E-state index in [1.54, 1.807) is 7.11 Å². The second kappa shape index (κ2) is 3.85. The molecule has 0 aliphatic carbocycles. The number of nitrogens with zero attached hydrogens (tertiary/aromatic N) is 1. The zero-order chi connectivity index (χ0) is 8.43. The summed E-state index contributed by atoms with van der Waals surface area (Å²) in [7, 11) is 3.77. The van der Waals surface area contributed by atoms with Crippen molar-refractivity contribution in [2.45, 2.75) is 23.5 Å². The maximum absolute atomic E-state index is 5.83. The summed E-state index contributed by atoms with van der Waals surface area (Å²) in [6.07, 6.45) is 1.32. The largest absolute Gasteiger partial charge is 0.380 e. The summed E-state index contributed by atoms with van der Waals surface area (Å²) >= 11 is 3.56. The average molecular weight is 223 g/mol. The molecule has 66 valence electrons. The van der Waals surface area contributed by atoms with E-state index in [1.165, 1.54) is 0 Å². The number of ether oxygens (including phenoxy) is 1. The Hall–Kier alpha value is 0.360. The number of piperidine rings is 1.